The second kappa shape index (κ2) is 10.4. The summed E-state index contributed by atoms with van der Waals surface area (Å²) in [7, 11) is 1.64. The molecule has 152 valence electrons. The van der Waals surface area contributed by atoms with E-state index in [2.05, 4.69) is 10.3 Å². The number of carbonyl (C=O) groups is 1. The van der Waals surface area contributed by atoms with Crippen LogP contribution in [0.25, 0.3) is 11.3 Å². The fourth-order valence-electron chi connectivity index (χ4n) is 2.69. The van der Waals surface area contributed by atoms with Crippen molar-refractivity contribution in [2.45, 2.75) is 19.3 Å². The number of carbonyl (C=O) groups excluding carboxylic acids is 1. The Kier molecular flexibility index (Phi) is 7.35. The first-order valence-corrected chi connectivity index (χ1v) is 9.37. The van der Waals surface area contributed by atoms with Crippen molar-refractivity contribution in [2.24, 2.45) is 0 Å². The van der Waals surface area contributed by atoms with Gasteiger partial charge >= 0.3 is 0 Å². The molecule has 0 saturated carbocycles. The Bertz CT molecular complexity index is 925. The molecule has 0 atom stereocenters. The van der Waals surface area contributed by atoms with Gasteiger partial charge in [0, 0.05) is 38.5 Å². The SMILES string of the molecule is COCCCOc1ccccc1NC(=O)CCc1ncc(-c2ccc(F)cc2)o1. The predicted octanol–water partition coefficient (Wildman–Crippen LogP) is 4.47. The maximum Gasteiger partial charge on any atom is 0.224 e. The lowest BCUT2D eigenvalue weighted by Crippen LogP contribution is -2.13. The molecule has 3 aromatic rings. The van der Waals surface area contributed by atoms with Crippen LogP contribution in [0, 0.1) is 5.82 Å². The molecular weight excluding hydrogens is 375 g/mol. The van der Waals surface area contributed by atoms with Gasteiger partial charge in [-0.2, -0.15) is 0 Å². The minimum absolute atomic E-state index is 0.167. The number of methoxy groups -OCH3 is 1. The molecule has 0 radical (unpaired) electrons. The van der Waals surface area contributed by atoms with Crippen molar-refractivity contribution in [3.8, 4) is 17.1 Å². The van der Waals surface area contributed by atoms with Crippen molar-refractivity contribution in [2.75, 3.05) is 25.6 Å². The molecule has 1 aromatic heterocycles. The van der Waals surface area contributed by atoms with Crippen LogP contribution in [0.5, 0.6) is 5.75 Å². The maximum absolute atomic E-state index is 13.0. The normalized spacial score (nSPS) is 10.7. The number of para-hydroxylation sites is 2. The Morgan fingerprint density at radius 3 is 2.72 bits per heavy atom. The van der Waals surface area contributed by atoms with Crippen LogP contribution >= 0.6 is 0 Å². The number of rotatable bonds is 10. The summed E-state index contributed by atoms with van der Waals surface area (Å²) in [6.07, 6.45) is 2.90. The van der Waals surface area contributed by atoms with E-state index in [1.165, 1.54) is 12.1 Å². The zero-order valence-electron chi connectivity index (χ0n) is 16.2. The molecule has 0 spiro atoms. The van der Waals surface area contributed by atoms with Crippen LogP contribution in [-0.4, -0.2) is 31.2 Å². The molecule has 0 unspecified atom stereocenters. The molecule has 1 heterocycles. The monoisotopic (exact) mass is 398 g/mol. The highest BCUT2D eigenvalue weighted by molar-refractivity contribution is 5.92. The topological polar surface area (TPSA) is 73.6 Å². The Labute approximate surface area is 168 Å². The third-order valence-electron chi connectivity index (χ3n) is 4.16. The number of aryl methyl sites for hydroxylation is 1. The van der Waals surface area contributed by atoms with E-state index in [4.69, 9.17) is 13.9 Å². The predicted molar refractivity (Wildman–Crippen MR) is 107 cm³/mol. The highest BCUT2D eigenvalue weighted by Crippen LogP contribution is 2.25. The van der Waals surface area contributed by atoms with Gasteiger partial charge in [-0.3, -0.25) is 4.79 Å². The lowest BCUT2D eigenvalue weighted by molar-refractivity contribution is -0.116. The zero-order chi connectivity index (χ0) is 20.5. The van der Waals surface area contributed by atoms with Crippen molar-refractivity contribution < 1.29 is 23.1 Å². The molecule has 0 saturated heterocycles. The van der Waals surface area contributed by atoms with Crippen molar-refractivity contribution in [1.29, 1.82) is 0 Å². The number of nitrogens with zero attached hydrogens (tertiary/aromatic N) is 1. The number of halogens is 1. The average molecular weight is 398 g/mol. The van der Waals surface area contributed by atoms with Gasteiger partial charge in [-0.05, 0) is 36.4 Å². The fraction of sp³-hybridized carbons (Fsp3) is 0.273. The van der Waals surface area contributed by atoms with Crippen LogP contribution < -0.4 is 10.1 Å². The number of anilines is 1. The molecule has 2 aromatic carbocycles. The van der Waals surface area contributed by atoms with E-state index in [1.807, 2.05) is 18.2 Å². The van der Waals surface area contributed by atoms with Crippen molar-refractivity contribution in [3.05, 3.63) is 66.4 Å². The molecule has 3 rings (SSSR count). The number of aromatic nitrogens is 1. The number of oxazole rings is 1. The number of benzene rings is 2. The number of hydrogen-bond acceptors (Lipinski definition) is 5. The van der Waals surface area contributed by atoms with Crippen molar-refractivity contribution in [1.82, 2.24) is 4.98 Å². The van der Waals surface area contributed by atoms with E-state index >= 15 is 0 Å². The van der Waals surface area contributed by atoms with Gasteiger partial charge in [0.15, 0.2) is 11.7 Å². The molecule has 0 aliphatic heterocycles. The van der Waals surface area contributed by atoms with Crippen LogP contribution in [0.2, 0.25) is 0 Å². The first-order chi connectivity index (χ1) is 14.2. The average Bonchev–Trinajstić information content (AvgIpc) is 3.20. The molecule has 0 fully saturated rings. The minimum Gasteiger partial charge on any atom is -0.491 e. The number of ether oxygens (including phenoxy) is 2. The highest BCUT2D eigenvalue weighted by Gasteiger charge is 2.11. The van der Waals surface area contributed by atoms with E-state index in [0.29, 0.717) is 42.7 Å². The first kappa shape index (κ1) is 20.5. The zero-order valence-corrected chi connectivity index (χ0v) is 16.2. The van der Waals surface area contributed by atoms with Crippen LogP contribution in [0.3, 0.4) is 0 Å². The molecular formula is C22H23FN2O4. The molecule has 0 aliphatic carbocycles. The fourth-order valence-corrected chi connectivity index (χ4v) is 2.69. The van der Waals surface area contributed by atoms with Gasteiger partial charge in [0.05, 0.1) is 18.5 Å². The summed E-state index contributed by atoms with van der Waals surface area (Å²) < 4.78 is 29.4. The second-order valence-corrected chi connectivity index (χ2v) is 6.36. The third kappa shape index (κ3) is 6.15. The van der Waals surface area contributed by atoms with E-state index in [1.54, 1.807) is 31.5 Å². The lowest BCUT2D eigenvalue weighted by atomic mass is 10.2. The number of amides is 1. The van der Waals surface area contributed by atoms with E-state index in [0.717, 1.165) is 12.0 Å². The van der Waals surface area contributed by atoms with Gasteiger partial charge in [0.1, 0.15) is 11.6 Å². The van der Waals surface area contributed by atoms with Gasteiger partial charge in [-0.25, -0.2) is 9.37 Å². The molecule has 0 bridgehead atoms. The van der Waals surface area contributed by atoms with Gasteiger partial charge in [0.2, 0.25) is 5.91 Å². The van der Waals surface area contributed by atoms with E-state index in [-0.39, 0.29) is 18.1 Å². The summed E-state index contributed by atoms with van der Waals surface area (Å²) >= 11 is 0. The Morgan fingerprint density at radius 2 is 1.93 bits per heavy atom. The molecule has 1 amide bonds. The van der Waals surface area contributed by atoms with Gasteiger partial charge in [-0.15, -0.1) is 0 Å². The lowest BCUT2D eigenvalue weighted by Gasteiger charge is -2.12. The summed E-state index contributed by atoms with van der Waals surface area (Å²) in [4.78, 5) is 16.5. The largest absolute Gasteiger partial charge is 0.491 e. The van der Waals surface area contributed by atoms with Crippen LogP contribution in [0.15, 0.2) is 59.1 Å². The number of hydrogen-bond donors (Lipinski definition) is 1. The summed E-state index contributed by atoms with van der Waals surface area (Å²) in [6, 6.07) is 13.3. The van der Waals surface area contributed by atoms with Crippen LogP contribution in [0.1, 0.15) is 18.7 Å². The molecule has 0 aliphatic rings. The summed E-state index contributed by atoms with van der Waals surface area (Å²) in [5.41, 5.74) is 1.35. The van der Waals surface area contributed by atoms with Crippen LogP contribution in [-0.2, 0) is 16.0 Å². The van der Waals surface area contributed by atoms with E-state index in [9.17, 15) is 9.18 Å². The Balaban J connectivity index is 1.52. The van der Waals surface area contributed by atoms with Gasteiger partial charge in [0.25, 0.3) is 0 Å². The molecule has 7 heteroatoms. The minimum atomic E-state index is -0.312. The standard InChI is InChI=1S/C22H23FN2O4/c1-27-13-4-14-28-19-6-3-2-5-18(19)25-21(26)11-12-22-24-15-20(29-22)16-7-9-17(23)10-8-16/h2-3,5-10,15H,4,11-14H2,1H3,(H,25,26). The maximum atomic E-state index is 13.0. The van der Waals surface area contributed by atoms with E-state index < -0.39 is 0 Å². The van der Waals surface area contributed by atoms with Crippen LogP contribution in [0.4, 0.5) is 10.1 Å². The van der Waals surface area contributed by atoms with Crippen molar-refractivity contribution in [3.63, 3.8) is 0 Å². The summed E-state index contributed by atoms with van der Waals surface area (Å²) in [5.74, 6) is 1.12. The highest BCUT2D eigenvalue weighted by atomic mass is 19.1. The summed E-state index contributed by atoms with van der Waals surface area (Å²) in [6.45, 7) is 1.12. The second-order valence-electron chi connectivity index (χ2n) is 6.36. The smallest absolute Gasteiger partial charge is 0.224 e. The molecule has 1 N–H and O–H groups in total. The van der Waals surface area contributed by atoms with Gasteiger partial charge in [-0.1, -0.05) is 12.1 Å². The van der Waals surface area contributed by atoms with Gasteiger partial charge < -0.3 is 19.2 Å². The Morgan fingerprint density at radius 1 is 1.14 bits per heavy atom. The first-order valence-electron chi connectivity index (χ1n) is 9.37. The molecule has 29 heavy (non-hydrogen) atoms. The number of nitrogens with one attached hydrogen (secondary N) is 1. The summed E-state index contributed by atoms with van der Waals surface area (Å²) in [5, 5.41) is 2.86. The van der Waals surface area contributed by atoms with Crippen molar-refractivity contribution >= 4 is 11.6 Å². The quantitative estimate of drug-likeness (QED) is 0.510. The Hall–Kier alpha value is -3.19. The third-order valence-corrected chi connectivity index (χ3v) is 4.16. The molecule has 6 nitrogen and oxygen atoms in total.